The van der Waals surface area contributed by atoms with Crippen molar-refractivity contribution >= 4 is 65.6 Å². The van der Waals surface area contributed by atoms with Crippen LogP contribution in [0.25, 0.3) is 11.0 Å². The number of aromatic nitrogens is 2. The third-order valence-electron chi connectivity index (χ3n) is 3.65. The van der Waals surface area contributed by atoms with Crippen molar-refractivity contribution < 1.29 is 8.42 Å². The highest BCUT2D eigenvalue weighted by Crippen LogP contribution is 2.30. The lowest BCUT2D eigenvalue weighted by atomic mass is 10.3. The van der Waals surface area contributed by atoms with Gasteiger partial charge >= 0.3 is 0 Å². The average Bonchev–Trinajstić information content (AvgIpc) is 3.10. The van der Waals surface area contributed by atoms with Crippen LogP contribution in [0.3, 0.4) is 0 Å². The van der Waals surface area contributed by atoms with Crippen molar-refractivity contribution in [2.24, 2.45) is 0 Å². The lowest BCUT2D eigenvalue weighted by Gasteiger charge is -2.13. The minimum atomic E-state index is -3.78. The molecular weight excluding hydrogens is 448 g/mol. The molecular formula is C18H13BrN4O2S2. The number of benzene rings is 2. The molecule has 6 nitrogen and oxygen atoms in total. The van der Waals surface area contributed by atoms with E-state index < -0.39 is 10.0 Å². The Morgan fingerprint density at radius 3 is 2.07 bits per heavy atom. The summed E-state index contributed by atoms with van der Waals surface area (Å²) in [6, 6.07) is 19.9. The molecule has 2 heterocycles. The van der Waals surface area contributed by atoms with Crippen molar-refractivity contribution in [1.82, 2.24) is 9.97 Å². The van der Waals surface area contributed by atoms with Gasteiger partial charge in [0.1, 0.15) is 4.21 Å². The molecule has 0 unspecified atom stereocenters. The third-order valence-corrected chi connectivity index (χ3v) is 7.11. The van der Waals surface area contributed by atoms with Gasteiger partial charge in [0, 0.05) is 5.69 Å². The number of hydrogen-bond donors (Lipinski definition) is 2. The van der Waals surface area contributed by atoms with Crippen molar-refractivity contribution in [2.75, 3.05) is 10.0 Å². The Hall–Kier alpha value is -2.49. The first kappa shape index (κ1) is 17.9. The zero-order chi connectivity index (χ0) is 18.9. The van der Waals surface area contributed by atoms with E-state index in [2.05, 4.69) is 35.9 Å². The first-order valence-corrected chi connectivity index (χ1v) is 11.0. The molecule has 0 saturated carbocycles. The van der Waals surface area contributed by atoms with Crippen LogP contribution in [-0.2, 0) is 10.0 Å². The van der Waals surface area contributed by atoms with E-state index in [1.807, 2.05) is 48.5 Å². The van der Waals surface area contributed by atoms with Gasteiger partial charge in [0.25, 0.3) is 10.0 Å². The van der Waals surface area contributed by atoms with E-state index in [4.69, 9.17) is 0 Å². The fraction of sp³-hybridized carbons (Fsp3) is 0. The van der Waals surface area contributed by atoms with Crippen LogP contribution < -0.4 is 10.0 Å². The zero-order valence-corrected chi connectivity index (χ0v) is 17.0. The maximum Gasteiger partial charge on any atom is 0.272 e. The predicted molar refractivity (Wildman–Crippen MR) is 112 cm³/mol. The number of anilines is 3. The number of para-hydroxylation sites is 3. The van der Waals surface area contributed by atoms with Crippen LogP contribution in [0.2, 0.25) is 0 Å². The Morgan fingerprint density at radius 2 is 1.44 bits per heavy atom. The van der Waals surface area contributed by atoms with E-state index in [1.54, 1.807) is 12.1 Å². The molecule has 0 atom stereocenters. The third kappa shape index (κ3) is 3.95. The number of sulfonamides is 1. The normalized spacial score (nSPS) is 11.4. The Morgan fingerprint density at radius 1 is 0.815 bits per heavy atom. The molecule has 0 aliphatic rings. The number of fused-ring (bicyclic) bond motifs is 1. The van der Waals surface area contributed by atoms with Crippen molar-refractivity contribution in [3.8, 4) is 0 Å². The summed E-state index contributed by atoms with van der Waals surface area (Å²) < 4.78 is 29.0. The topological polar surface area (TPSA) is 84.0 Å². The number of rotatable bonds is 5. The van der Waals surface area contributed by atoms with Gasteiger partial charge in [-0.15, -0.1) is 11.3 Å². The van der Waals surface area contributed by atoms with Crippen molar-refractivity contribution in [1.29, 1.82) is 0 Å². The zero-order valence-electron chi connectivity index (χ0n) is 13.8. The second kappa shape index (κ2) is 7.26. The molecule has 4 rings (SSSR count). The Kier molecular flexibility index (Phi) is 4.81. The molecule has 27 heavy (non-hydrogen) atoms. The SMILES string of the molecule is O=S(=O)(Nc1nc2ccccc2nc1Nc1ccccc1)c1ccc(Br)s1. The number of halogens is 1. The Labute approximate surface area is 168 Å². The number of nitrogens with one attached hydrogen (secondary N) is 2. The molecule has 0 bridgehead atoms. The Bertz CT molecular complexity index is 1210. The standard InChI is InChI=1S/C18H13BrN4O2S2/c19-15-10-11-16(26-15)27(24,25)23-18-17(20-12-6-2-1-3-7-12)21-13-8-4-5-9-14(13)22-18/h1-11H,(H,20,21)(H,22,23). The van der Waals surface area contributed by atoms with Gasteiger partial charge in [0.05, 0.1) is 14.8 Å². The average molecular weight is 461 g/mol. The quantitative estimate of drug-likeness (QED) is 0.437. The van der Waals surface area contributed by atoms with Crippen molar-refractivity contribution in [2.45, 2.75) is 4.21 Å². The van der Waals surface area contributed by atoms with Gasteiger partial charge in [0.2, 0.25) is 0 Å². The fourth-order valence-corrected chi connectivity index (χ4v) is 5.46. The second-order valence-corrected chi connectivity index (χ2v) is 9.94. The molecule has 0 radical (unpaired) electrons. The summed E-state index contributed by atoms with van der Waals surface area (Å²) in [5.74, 6) is 0.473. The summed E-state index contributed by atoms with van der Waals surface area (Å²) >= 11 is 4.41. The monoisotopic (exact) mass is 460 g/mol. The highest BCUT2D eigenvalue weighted by molar-refractivity contribution is 9.11. The maximum atomic E-state index is 12.7. The summed E-state index contributed by atoms with van der Waals surface area (Å²) in [4.78, 5) is 9.01. The number of hydrogen-bond acceptors (Lipinski definition) is 6. The molecule has 4 aromatic rings. The van der Waals surface area contributed by atoms with Crippen LogP contribution in [0.5, 0.6) is 0 Å². The first-order chi connectivity index (χ1) is 13.0. The maximum absolute atomic E-state index is 12.7. The molecule has 0 amide bonds. The summed E-state index contributed by atoms with van der Waals surface area (Å²) in [6.45, 7) is 0. The van der Waals surface area contributed by atoms with E-state index in [9.17, 15) is 8.42 Å². The highest BCUT2D eigenvalue weighted by atomic mass is 79.9. The first-order valence-electron chi connectivity index (χ1n) is 7.88. The van der Waals surface area contributed by atoms with Crippen molar-refractivity contribution in [3.05, 3.63) is 70.5 Å². The summed E-state index contributed by atoms with van der Waals surface area (Å²) in [6.07, 6.45) is 0. The fourth-order valence-electron chi connectivity index (χ4n) is 2.44. The van der Waals surface area contributed by atoms with Crippen LogP contribution >= 0.6 is 27.3 Å². The largest absolute Gasteiger partial charge is 0.337 e. The molecule has 0 saturated heterocycles. The van der Waals surface area contributed by atoms with E-state index in [0.717, 1.165) is 20.8 Å². The summed E-state index contributed by atoms with van der Waals surface area (Å²) in [5, 5.41) is 3.14. The predicted octanol–water partition coefficient (Wildman–Crippen LogP) is 5.00. The van der Waals surface area contributed by atoms with Gasteiger partial charge in [-0.2, -0.15) is 0 Å². The second-order valence-electron chi connectivity index (χ2n) is 5.56. The molecule has 2 N–H and O–H groups in total. The number of thiophene rings is 1. The molecule has 2 aromatic heterocycles. The van der Waals surface area contributed by atoms with Crippen LogP contribution in [0.4, 0.5) is 17.3 Å². The van der Waals surface area contributed by atoms with E-state index in [-0.39, 0.29) is 10.0 Å². The van der Waals surface area contributed by atoms with Gasteiger partial charge in [0.15, 0.2) is 11.6 Å². The molecule has 0 fully saturated rings. The molecule has 9 heteroatoms. The molecule has 0 aliphatic heterocycles. The van der Waals surface area contributed by atoms with Crippen molar-refractivity contribution in [3.63, 3.8) is 0 Å². The van der Waals surface area contributed by atoms with E-state index >= 15 is 0 Å². The smallest absolute Gasteiger partial charge is 0.272 e. The van der Waals surface area contributed by atoms with Gasteiger partial charge in [-0.25, -0.2) is 18.4 Å². The highest BCUT2D eigenvalue weighted by Gasteiger charge is 2.20. The van der Waals surface area contributed by atoms with Gasteiger partial charge < -0.3 is 5.32 Å². The molecule has 2 aromatic carbocycles. The molecule has 136 valence electrons. The summed E-state index contributed by atoms with van der Waals surface area (Å²) in [5.41, 5.74) is 2.04. The summed E-state index contributed by atoms with van der Waals surface area (Å²) in [7, 11) is -3.78. The lowest BCUT2D eigenvalue weighted by molar-refractivity contribution is 0.603. The minimum Gasteiger partial charge on any atom is -0.337 e. The van der Waals surface area contributed by atoms with Crippen LogP contribution in [0, 0.1) is 0 Å². The van der Waals surface area contributed by atoms with Crippen LogP contribution in [-0.4, -0.2) is 18.4 Å². The van der Waals surface area contributed by atoms with Crippen LogP contribution in [0.1, 0.15) is 0 Å². The van der Waals surface area contributed by atoms with E-state index in [1.165, 1.54) is 6.07 Å². The van der Waals surface area contributed by atoms with Gasteiger partial charge in [-0.05, 0) is 52.3 Å². The number of nitrogens with zero attached hydrogens (tertiary/aromatic N) is 2. The Balaban J connectivity index is 1.79. The molecule has 0 aliphatic carbocycles. The van der Waals surface area contributed by atoms with E-state index in [0.29, 0.717) is 16.9 Å². The van der Waals surface area contributed by atoms with Gasteiger partial charge in [-0.1, -0.05) is 30.3 Å². The van der Waals surface area contributed by atoms with Crippen LogP contribution in [0.15, 0.2) is 74.7 Å². The van der Waals surface area contributed by atoms with Gasteiger partial charge in [-0.3, -0.25) is 4.72 Å². The molecule has 0 spiro atoms. The minimum absolute atomic E-state index is 0.141. The lowest BCUT2D eigenvalue weighted by Crippen LogP contribution is -2.15.